The molecule has 1 heterocycles. The van der Waals surface area contributed by atoms with E-state index in [9.17, 15) is 9.90 Å². The van der Waals surface area contributed by atoms with Crippen molar-refractivity contribution >= 4 is 5.91 Å². The van der Waals surface area contributed by atoms with Crippen LogP contribution in [0.4, 0.5) is 0 Å². The lowest BCUT2D eigenvalue weighted by Crippen LogP contribution is -2.57. The van der Waals surface area contributed by atoms with E-state index in [2.05, 4.69) is 10.6 Å². The van der Waals surface area contributed by atoms with Crippen LogP contribution in [0.2, 0.25) is 0 Å². The molecule has 1 unspecified atom stereocenters. The van der Waals surface area contributed by atoms with Gasteiger partial charge >= 0.3 is 0 Å². The molecule has 2 rings (SSSR count). The maximum atomic E-state index is 12.4. The smallest absolute Gasteiger partial charge is 0.240 e. The monoisotopic (exact) mass is 262 g/mol. The van der Waals surface area contributed by atoms with Gasteiger partial charge in [0.15, 0.2) is 0 Å². The van der Waals surface area contributed by atoms with Crippen LogP contribution in [0, 0.1) is 0 Å². The van der Waals surface area contributed by atoms with Gasteiger partial charge < -0.3 is 15.7 Å². The van der Waals surface area contributed by atoms with Crippen LogP contribution in [0.3, 0.4) is 0 Å². The predicted molar refractivity (Wildman–Crippen MR) is 74.7 cm³/mol. The lowest BCUT2D eigenvalue weighted by atomic mass is 9.89. The number of hydrogen-bond acceptors (Lipinski definition) is 3. The van der Waals surface area contributed by atoms with E-state index < -0.39 is 5.54 Å². The first-order valence-electron chi connectivity index (χ1n) is 6.87. The third-order valence-electron chi connectivity index (χ3n) is 3.81. The predicted octanol–water partition coefficient (Wildman–Crippen LogP) is 1.37. The van der Waals surface area contributed by atoms with E-state index in [1.54, 1.807) is 0 Å². The average molecular weight is 262 g/mol. The van der Waals surface area contributed by atoms with Crippen molar-refractivity contribution in [3.63, 3.8) is 0 Å². The molecule has 0 saturated carbocycles. The van der Waals surface area contributed by atoms with Crippen LogP contribution in [0.25, 0.3) is 0 Å². The fraction of sp³-hybridized carbons (Fsp3) is 0.533. The van der Waals surface area contributed by atoms with Gasteiger partial charge in [0.2, 0.25) is 5.91 Å². The lowest BCUT2D eigenvalue weighted by Gasteiger charge is -2.34. The molecule has 0 aromatic heterocycles. The Morgan fingerprint density at radius 3 is 2.74 bits per heavy atom. The Balaban J connectivity index is 2.04. The quantitative estimate of drug-likeness (QED) is 0.768. The van der Waals surface area contributed by atoms with Crippen molar-refractivity contribution in [2.24, 2.45) is 0 Å². The molecule has 1 saturated heterocycles. The van der Waals surface area contributed by atoms with E-state index in [1.165, 1.54) is 0 Å². The highest BCUT2D eigenvalue weighted by atomic mass is 16.3. The average Bonchev–Trinajstić information content (AvgIpc) is 2.46. The molecule has 4 heteroatoms. The molecular weight excluding hydrogens is 240 g/mol. The number of nitrogens with one attached hydrogen (secondary N) is 2. The van der Waals surface area contributed by atoms with Crippen LogP contribution >= 0.6 is 0 Å². The normalized spacial score (nSPS) is 24.7. The number of aliphatic hydroxyl groups excluding tert-OH is 1. The summed E-state index contributed by atoms with van der Waals surface area (Å²) in [5.41, 5.74) is 0.415. The van der Waals surface area contributed by atoms with Gasteiger partial charge in [0.1, 0.15) is 0 Å². The van der Waals surface area contributed by atoms with Gasteiger partial charge in [-0.2, -0.15) is 0 Å². The first-order valence-corrected chi connectivity index (χ1v) is 6.87. The van der Waals surface area contributed by atoms with Crippen molar-refractivity contribution in [3.8, 4) is 0 Å². The van der Waals surface area contributed by atoms with Crippen molar-refractivity contribution in [2.75, 3.05) is 13.2 Å². The maximum absolute atomic E-state index is 12.4. The zero-order chi connectivity index (χ0) is 13.7. The van der Waals surface area contributed by atoms with Crippen LogP contribution in [0.1, 0.15) is 37.8 Å². The van der Waals surface area contributed by atoms with Gasteiger partial charge in [-0.3, -0.25) is 4.79 Å². The molecule has 1 aromatic rings. The Bertz CT molecular complexity index is 413. The highest BCUT2D eigenvalue weighted by Gasteiger charge is 2.35. The molecule has 0 aliphatic carbocycles. The molecule has 1 aliphatic heterocycles. The van der Waals surface area contributed by atoms with Gasteiger partial charge in [-0.1, -0.05) is 30.3 Å². The second kappa shape index (κ2) is 6.17. The summed E-state index contributed by atoms with van der Waals surface area (Å²) in [7, 11) is 0. The molecule has 1 aromatic carbocycles. The molecule has 0 spiro atoms. The number of aliphatic hydroxyl groups is 1. The van der Waals surface area contributed by atoms with Crippen LogP contribution in [0.15, 0.2) is 30.3 Å². The number of carbonyl (C=O) groups excluding carboxylic acids is 1. The van der Waals surface area contributed by atoms with Crippen LogP contribution in [-0.2, 0) is 4.79 Å². The first-order chi connectivity index (χ1) is 9.15. The standard InChI is InChI=1S/C15H22N2O2/c1-15(9-5-6-10-16-15)14(19)17-13(11-18)12-7-3-2-4-8-12/h2-4,7-8,13,16,18H,5-6,9-11H2,1H3,(H,17,19)/t13-,15?/m1/s1. The van der Waals surface area contributed by atoms with Crippen LogP contribution in [0.5, 0.6) is 0 Å². The van der Waals surface area contributed by atoms with E-state index in [-0.39, 0.29) is 18.6 Å². The number of piperidine rings is 1. The van der Waals surface area contributed by atoms with E-state index in [0.29, 0.717) is 0 Å². The molecule has 1 aliphatic rings. The fourth-order valence-corrected chi connectivity index (χ4v) is 2.49. The van der Waals surface area contributed by atoms with Gasteiger partial charge in [-0.25, -0.2) is 0 Å². The molecule has 19 heavy (non-hydrogen) atoms. The third-order valence-corrected chi connectivity index (χ3v) is 3.81. The van der Waals surface area contributed by atoms with Gasteiger partial charge in [-0.05, 0) is 38.3 Å². The summed E-state index contributed by atoms with van der Waals surface area (Å²) in [5, 5.41) is 15.7. The number of carbonyl (C=O) groups is 1. The summed E-state index contributed by atoms with van der Waals surface area (Å²) in [4.78, 5) is 12.4. The molecular formula is C15H22N2O2. The van der Waals surface area contributed by atoms with Gasteiger partial charge in [0.05, 0.1) is 18.2 Å². The maximum Gasteiger partial charge on any atom is 0.240 e. The van der Waals surface area contributed by atoms with Crippen molar-refractivity contribution in [2.45, 2.75) is 37.8 Å². The second-order valence-electron chi connectivity index (χ2n) is 5.34. The van der Waals surface area contributed by atoms with Gasteiger partial charge in [0.25, 0.3) is 0 Å². The highest BCUT2D eigenvalue weighted by molar-refractivity contribution is 5.86. The molecule has 1 amide bonds. The molecule has 0 bridgehead atoms. The fourth-order valence-electron chi connectivity index (χ4n) is 2.49. The molecule has 0 radical (unpaired) electrons. The number of amides is 1. The molecule has 4 nitrogen and oxygen atoms in total. The Kier molecular flexibility index (Phi) is 4.56. The minimum Gasteiger partial charge on any atom is -0.394 e. The molecule has 1 fully saturated rings. The van der Waals surface area contributed by atoms with E-state index in [0.717, 1.165) is 31.4 Å². The first kappa shape index (κ1) is 14.0. The summed E-state index contributed by atoms with van der Waals surface area (Å²) in [5.74, 6) is -0.0323. The van der Waals surface area contributed by atoms with Crippen molar-refractivity contribution < 1.29 is 9.90 Å². The summed E-state index contributed by atoms with van der Waals surface area (Å²) in [6, 6.07) is 9.23. The van der Waals surface area contributed by atoms with E-state index in [4.69, 9.17) is 0 Å². The van der Waals surface area contributed by atoms with Crippen molar-refractivity contribution in [1.29, 1.82) is 0 Å². The van der Waals surface area contributed by atoms with Gasteiger partial charge in [0, 0.05) is 0 Å². The minimum absolute atomic E-state index is 0.0323. The third kappa shape index (κ3) is 3.33. The minimum atomic E-state index is -0.513. The summed E-state index contributed by atoms with van der Waals surface area (Å²) in [6.45, 7) is 2.71. The van der Waals surface area contributed by atoms with Gasteiger partial charge in [-0.15, -0.1) is 0 Å². The van der Waals surface area contributed by atoms with Crippen LogP contribution < -0.4 is 10.6 Å². The highest BCUT2D eigenvalue weighted by Crippen LogP contribution is 2.21. The Hall–Kier alpha value is -1.39. The lowest BCUT2D eigenvalue weighted by molar-refractivity contribution is -0.129. The zero-order valence-corrected chi connectivity index (χ0v) is 11.4. The number of benzene rings is 1. The van der Waals surface area contributed by atoms with Crippen LogP contribution in [-0.4, -0.2) is 29.7 Å². The Morgan fingerprint density at radius 2 is 2.16 bits per heavy atom. The summed E-state index contributed by atoms with van der Waals surface area (Å²) in [6.07, 6.45) is 3.02. The largest absolute Gasteiger partial charge is 0.394 e. The SMILES string of the molecule is CC1(C(=O)N[C@H](CO)c2ccccc2)CCCCN1. The van der Waals surface area contributed by atoms with E-state index >= 15 is 0 Å². The molecule has 2 atom stereocenters. The number of hydrogen-bond donors (Lipinski definition) is 3. The van der Waals surface area contributed by atoms with E-state index in [1.807, 2.05) is 37.3 Å². The summed E-state index contributed by atoms with van der Waals surface area (Å²) < 4.78 is 0. The molecule has 3 N–H and O–H groups in total. The van der Waals surface area contributed by atoms with Crippen molar-refractivity contribution in [3.05, 3.63) is 35.9 Å². The summed E-state index contributed by atoms with van der Waals surface area (Å²) >= 11 is 0. The Morgan fingerprint density at radius 1 is 1.42 bits per heavy atom. The second-order valence-corrected chi connectivity index (χ2v) is 5.34. The number of rotatable bonds is 4. The van der Waals surface area contributed by atoms with Crippen molar-refractivity contribution in [1.82, 2.24) is 10.6 Å². The molecule has 104 valence electrons. The zero-order valence-electron chi connectivity index (χ0n) is 11.4. The Labute approximate surface area is 114 Å². The topological polar surface area (TPSA) is 61.4 Å².